The van der Waals surface area contributed by atoms with Crippen LogP contribution in [-0.2, 0) is 38.2 Å². The summed E-state index contributed by atoms with van der Waals surface area (Å²) in [6, 6.07) is -1.000. The van der Waals surface area contributed by atoms with E-state index in [0.717, 1.165) is 11.8 Å². The van der Waals surface area contributed by atoms with Crippen LogP contribution in [0.1, 0.15) is 19.5 Å². The number of amides is 3. The van der Waals surface area contributed by atoms with Crippen LogP contribution in [0, 0.1) is 0 Å². The van der Waals surface area contributed by atoms with Gasteiger partial charge in [0.05, 0.1) is 5.51 Å². The second-order valence-corrected chi connectivity index (χ2v) is 8.82. The lowest BCUT2D eigenvalue weighted by Gasteiger charge is -2.49. The molecule has 35 heavy (non-hydrogen) atoms. The molecule has 188 valence electrons. The van der Waals surface area contributed by atoms with Gasteiger partial charge in [-0.25, -0.2) is 14.6 Å². The zero-order chi connectivity index (χ0) is 25.7. The molecule has 3 heterocycles. The van der Waals surface area contributed by atoms with Crippen molar-refractivity contribution in [2.75, 3.05) is 19.5 Å². The number of fused-ring (bicyclic) bond motifs is 1. The van der Waals surface area contributed by atoms with E-state index in [2.05, 4.69) is 15.5 Å². The SMILES string of the molecule is CO/N=C(/C(=O)NC1C(=O)N2C(C(=O)OC(C)OC(C)=O)=C(COC(N)=O)CS[C@H]12)c1cscn1. The lowest BCUT2D eigenvalue weighted by Crippen LogP contribution is -2.71. The first kappa shape index (κ1) is 26.0. The van der Waals surface area contributed by atoms with E-state index in [4.69, 9.17) is 24.8 Å². The Balaban J connectivity index is 1.80. The molecule has 3 N–H and O–H groups in total. The number of ether oxygens (including phenoxy) is 3. The van der Waals surface area contributed by atoms with Crippen molar-refractivity contribution in [1.82, 2.24) is 15.2 Å². The summed E-state index contributed by atoms with van der Waals surface area (Å²) in [5.74, 6) is -2.81. The molecule has 1 fully saturated rings. The van der Waals surface area contributed by atoms with E-state index in [0.29, 0.717) is 0 Å². The van der Waals surface area contributed by atoms with Gasteiger partial charge in [0.2, 0.25) is 6.29 Å². The average Bonchev–Trinajstić information content (AvgIpc) is 3.32. The number of hydrogen-bond acceptors (Lipinski definition) is 13. The second-order valence-electron chi connectivity index (χ2n) is 7.00. The van der Waals surface area contributed by atoms with Crippen molar-refractivity contribution in [1.29, 1.82) is 0 Å². The fourth-order valence-electron chi connectivity index (χ4n) is 3.24. The first-order valence-corrected chi connectivity index (χ1v) is 11.9. The number of carbonyl (C=O) groups excluding carboxylic acids is 5. The van der Waals surface area contributed by atoms with E-state index < -0.39 is 47.6 Å². The van der Waals surface area contributed by atoms with Crippen molar-refractivity contribution in [3.8, 4) is 0 Å². The predicted molar refractivity (Wildman–Crippen MR) is 121 cm³/mol. The van der Waals surface area contributed by atoms with Crippen molar-refractivity contribution in [2.24, 2.45) is 10.9 Å². The largest absolute Gasteiger partial charge is 0.445 e. The molecule has 0 aromatic carbocycles. The van der Waals surface area contributed by atoms with Gasteiger partial charge in [0.1, 0.15) is 36.5 Å². The molecule has 2 unspecified atom stereocenters. The van der Waals surface area contributed by atoms with Crippen molar-refractivity contribution >= 4 is 58.7 Å². The van der Waals surface area contributed by atoms with Crippen molar-refractivity contribution in [3.05, 3.63) is 27.9 Å². The predicted octanol–water partition coefficient (Wildman–Crippen LogP) is -0.305. The van der Waals surface area contributed by atoms with Crippen LogP contribution in [0.25, 0.3) is 0 Å². The number of carbonyl (C=O) groups is 5. The molecule has 0 spiro atoms. The van der Waals surface area contributed by atoms with E-state index >= 15 is 0 Å². The molecule has 2 aliphatic rings. The van der Waals surface area contributed by atoms with Crippen LogP contribution in [-0.4, -0.2) is 82.6 Å². The number of rotatable bonds is 9. The van der Waals surface area contributed by atoms with Gasteiger partial charge in [-0.3, -0.25) is 19.3 Å². The fraction of sp³-hybridized carbons (Fsp3) is 0.421. The molecule has 0 saturated carbocycles. The van der Waals surface area contributed by atoms with Gasteiger partial charge in [-0.05, 0) is 0 Å². The van der Waals surface area contributed by atoms with Gasteiger partial charge >= 0.3 is 18.0 Å². The van der Waals surface area contributed by atoms with Crippen LogP contribution in [0.4, 0.5) is 4.79 Å². The number of β-lactam (4-membered cyclic amide) rings is 1. The zero-order valence-corrected chi connectivity index (χ0v) is 20.3. The van der Waals surface area contributed by atoms with Crippen LogP contribution in [0.3, 0.4) is 0 Å². The highest BCUT2D eigenvalue weighted by molar-refractivity contribution is 8.00. The number of esters is 2. The first-order valence-electron chi connectivity index (χ1n) is 9.91. The average molecular weight is 528 g/mol. The van der Waals surface area contributed by atoms with Crippen molar-refractivity contribution in [3.63, 3.8) is 0 Å². The summed E-state index contributed by atoms with van der Waals surface area (Å²) >= 11 is 2.47. The third-order valence-electron chi connectivity index (χ3n) is 4.59. The summed E-state index contributed by atoms with van der Waals surface area (Å²) < 4.78 is 14.7. The van der Waals surface area contributed by atoms with Gasteiger partial charge in [-0.2, -0.15) is 0 Å². The molecule has 16 heteroatoms. The van der Waals surface area contributed by atoms with E-state index in [1.165, 1.54) is 42.6 Å². The maximum absolute atomic E-state index is 13.0. The number of primary amides is 1. The van der Waals surface area contributed by atoms with Gasteiger partial charge < -0.3 is 30.1 Å². The third kappa shape index (κ3) is 5.89. The zero-order valence-electron chi connectivity index (χ0n) is 18.7. The molecule has 3 atom stereocenters. The lowest BCUT2D eigenvalue weighted by atomic mass is 10.0. The number of nitrogens with two attached hydrogens (primary N) is 1. The standard InChI is InChI=1S/C19H21N5O9S2/c1-8(25)32-9(2)33-18(28)14-10(4-31-19(20)29)5-35-17-13(16(27)24(14)17)22-15(26)12(23-30-3)11-6-34-7-21-11/h6-7,9,13,17H,4-5H2,1-3H3,(H2,20,29)(H,22,26)/b23-12+/t9?,13?,17-/m1/s1. The van der Waals surface area contributed by atoms with Crippen molar-refractivity contribution in [2.45, 2.75) is 31.6 Å². The number of aromatic nitrogens is 1. The molecule has 0 aliphatic carbocycles. The minimum Gasteiger partial charge on any atom is -0.445 e. The van der Waals surface area contributed by atoms with Gasteiger partial charge in [0, 0.05) is 30.6 Å². The Morgan fingerprint density at radius 1 is 1.34 bits per heavy atom. The molecular formula is C19H21N5O9S2. The quantitative estimate of drug-likeness (QED) is 0.141. The van der Waals surface area contributed by atoms with Crippen LogP contribution in [0.2, 0.25) is 0 Å². The highest BCUT2D eigenvalue weighted by atomic mass is 32.2. The van der Waals surface area contributed by atoms with Crippen LogP contribution in [0.5, 0.6) is 0 Å². The molecule has 0 radical (unpaired) electrons. The highest BCUT2D eigenvalue weighted by Crippen LogP contribution is 2.41. The Hall–Kier alpha value is -3.66. The number of thioether (sulfide) groups is 1. The van der Waals surface area contributed by atoms with Crippen LogP contribution >= 0.6 is 23.1 Å². The maximum Gasteiger partial charge on any atom is 0.404 e. The smallest absolute Gasteiger partial charge is 0.404 e. The number of oxime groups is 1. The molecule has 0 bridgehead atoms. The number of thiazole rings is 1. The number of nitrogens with one attached hydrogen (secondary N) is 1. The molecule has 3 amide bonds. The summed E-state index contributed by atoms with van der Waals surface area (Å²) in [6.07, 6.45) is -2.31. The Morgan fingerprint density at radius 2 is 2.09 bits per heavy atom. The minimum atomic E-state index is -1.24. The van der Waals surface area contributed by atoms with Crippen molar-refractivity contribution < 1.29 is 43.0 Å². The molecular weight excluding hydrogens is 506 g/mol. The lowest BCUT2D eigenvalue weighted by molar-refractivity contribution is -0.182. The van der Waals surface area contributed by atoms with Gasteiger partial charge in [-0.1, -0.05) is 5.16 Å². The monoisotopic (exact) mass is 527 g/mol. The fourth-order valence-corrected chi connectivity index (χ4v) is 5.10. The van der Waals surface area contributed by atoms with Gasteiger partial charge in [-0.15, -0.1) is 23.1 Å². The summed E-state index contributed by atoms with van der Waals surface area (Å²) in [4.78, 5) is 70.8. The third-order valence-corrected chi connectivity index (χ3v) is 6.52. The Kier molecular flexibility index (Phi) is 8.29. The molecule has 3 rings (SSSR count). The second kappa shape index (κ2) is 11.2. The van der Waals surface area contributed by atoms with Gasteiger partial charge in [0.15, 0.2) is 5.71 Å². The molecule has 2 aliphatic heterocycles. The first-order chi connectivity index (χ1) is 16.6. The Bertz CT molecular complexity index is 1090. The molecule has 1 aromatic heterocycles. The van der Waals surface area contributed by atoms with E-state index in [1.54, 1.807) is 5.38 Å². The number of hydrogen-bond donors (Lipinski definition) is 2. The minimum absolute atomic E-state index is 0.123. The number of nitrogens with zero attached hydrogens (tertiary/aromatic N) is 3. The maximum atomic E-state index is 13.0. The van der Waals surface area contributed by atoms with E-state index in [9.17, 15) is 24.0 Å². The summed E-state index contributed by atoms with van der Waals surface area (Å²) in [5, 5.41) is 7.19. The molecule has 1 saturated heterocycles. The Labute approximate surface area is 206 Å². The summed E-state index contributed by atoms with van der Waals surface area (Å²) in [5.41, 5.74) is 6.75. The van der Waals surface area contributed by atoms with E-state index in [-0.39, 0.29) is 35.0 Å². The normalized spacial score (nSPS) is 20.3. The molecule has 1 aromatic rings. The van der Waals surface area contributed by atoms with E-state index in [1.807, 2.05) is 0 Å². The summed E-state index contributed by atoms with van der Waals surface area (Å²) in [7, 11) is 1.27. The highest BCUT2D eigenvalue weighted by Gasteiger charge is 2.55. The van der Waals surface area contributed by atoms with Crippen LogP contribution < -0.4 is 11.1 Å². The Morgan fingerprint density at radius 3 is 2.69 bits per heavy atom. The van der Waals surface area contributed by atoms with Crippen LogP contribution in [0.15, 0.2) is 27.3 Å². The molecule has 14 nitrogen and oxygen atoms in total. The topological polar surface area (TPSA) is 189 Å². The summed E-state index contributed by atoms with van der Waals surface area (Å²) in [6.45, 7) is 2.10. The van der Waals surface area contributed by atoms with Gasteiger partial charge in [0.25, 0.3) is 11.8 Å².